The molecule has 138 valence electrons. The van der Waals surface area contributed by atoms with E-state index in [1.165, 1.54) is 31.3 Å². The summed E-state index contributed by atoms with van der Waals surface area (Å²) in [6.45, 7) is 0. The lowest BCUT2D eigenvalue weighted by molar-refractivity contribution is 1.49. The van der Waals surface area contributed by atoms with Gasteiger partial charge in [-0.25, -0.2) is 0 Å². The van der Waals surface area contributed by atoms with Crippen LogP contribution in [0.25, 0.3) is 37.4 Å². The normalized spacial score (nSPS) is 11.4. The molecule has 0 aliphatic carbocycles. The van der Waals surface area contributed by atoms with Crippen LogP contribution in [0.5, 0.6) is 0 Å². The second-order valence-corrected chi connectivity index (χ2v) is 8.13. The fourth-order valence-electron chi connectivity index (χ4n) is 3.59. The summed E-state index contributed by atoms with van der Waals surface area (Å²) in [4.78, 5) is 0. The molecule has 0 aliphatic rings. The standard InChI is InChI=1S/C27H19NS/c28-25(17-10-19-6-2-1-3-7-19)21-13-11-20(12-14-21)22-15-16-24-23-8-4-5-9-26(23)29-27(24)18-22/h1-18,28H/b17-10-,28-25?. The van der Waals surface area contributed by atoms with E-state index >= 15 is 0 Å². The van der Waals surface area contributed by atoms with Crippen molar-refractivity contribution >= 4 is 43.3 Å². The van der Waals surface area contributed by atoms with Crippen molar-refractivity contribution in [2.75, 3.05) is 0 Å². The van der Waals surface area contributed by atoms with Gasteiger partial charge in [-0.2, -0.15) is 0 Å². The van der Waals surface area contributed by atoms with E-state index in [-0.39, 0.29) is 0 Å². The van der Waals surface area contributed by atoms with Gasteiger partial charge in [-0.1, -0.05) is 91.0 Å². The topological polar surface area (TPSA) is 23.9 Å². The molecule has 0 fully saturated rings. The van der Waals surface area contributed by atoms with Crippen molar-refractivity contribution in [1.29, 1.82) is 5.41 Å². The first-order valence-electron chi connectivity index (χ1n) is 9.62. The third-order valence-corrected chi connectivity index (χ3v) is 6.28. The molecular weight excluding hydrogens is 370 g/mol. The highest BCUT2D eigenvalue weighted by molar-refractivity contribution is 7.25. The van der Waals surface area contributed by atoms with E-state index in [4.69, 9.17) is 5.41 Å². The zero-order chi connectivity index (χ0) is 19.6. The van der Waals surface area contributed by atoms with Crippen LogP contribution in [0, 0.1) is 5.41 Å². The van der Waals surface area contributed by atoms with Crippen molar-refractivity contribution in [3.63, 3.8) is 0 Å². The second-order valence-electron chi connectivity index (χ2n) is 7.04. The number of thiophene rings is 1. The van der Waals surface area contributed by atoms with E-state index in [0.717, 1.165) is 11.1 Å². The molecule has 5 rings (SSSR count). The molecule has 1 aromatic heterocycles. The van der Waals surface area contributed by atoms with E-state index in [1.807, 2.05) is 66.0 Å². The van der Waals surface area contributed by atoms with Gasteiger partial charge in [-0.05, 0) is 40.5 Å². The first kappa shape index (κ1) is 17.6. The molecule has 0 unspecified atom stereocenters. The Hall–Kier alpha value is -3.49. The van der Waals surface area contributed by atoms with Gasteiger partial charge in [0.25, 0.3) is 0 Å². The molecule has 0 bridgehead atoms. The Balaban J connectivity index is 1.41. The number of benzene rings is 4. The largest absolute Gasteiger partial charge is 0.300 e. The van der Waals surface area contributed by atoms with Crippen LogP contribution in [0.3, 0.4) is 0 Å². The van der Waals surface area contributed by atoms with Crippen LogP contribution in [0.1, 0.15) is 11.1 Å². The van der Waals surface area contributed by atoms with Gasteiger partial charge in [-0.3, -0.25) is 0 Å². The minimum absolute atomic E-state index is 0.514. The summed E-state index contributed by atoms with van der Waals surface area (Å²) in [5.74, 6) is 0. The molecule has 1 nitrogen and oxygen atoms in total. The molecule has 29 heavy (non-hydrogen) atoms. The van der Waals surface area contributed by atoms with Crippen LogP contribution in [-0.2, 0) is 0 Å². The molecule has 0 saturated carbocycles. The van der Waals surface area contributed by atoms with E-state index in [2.05, 4.69) is 54.6 Å². The summed E-state index contributed by atoms with van der Waals surface area (Å²) in [7, 11) is 0. The highest BCUT2D eigenvalue weighted by Crippen LogP contribution is 2.36. The van der Waals surface area contributed by atoms with Crippen molar-refractivity contribution in [1.82, 2.24) is 0 Å². The fourth-order valence-corrected chi connectivity index (χ4v) is 4.73. The van der Waals surface area contributed by atoms with Gasteiger partial charge in [0.2, 0.25) is 0 Å². The van der Waals surface area contributed by atoms with Crippen LogP contribution in [0.4, 0.5) is 0 Å². The number of hydrogen-bond donors (Lipinski definition) is 1. The molecule has 5 aromatic rings. The van der Waals surface area contributed by atoms with Crippen molar-refractivity contribution in [2.45, 2.75) is 0 Å². The van der Waals surface area contributed by atoms with Crippen LogP contribution >= 0.6 is 11.3 Å². The van der Waals surface area contributed by atoms with Crippen LogP contribution in [0.2, 0.25) is 0 Å². The highest BCUT2D eigenvalue weighted by atomic mass is 32.1. The predicted molar refractivity (Wildman–Crippen MR) is 127 cm³/mol. The number of hydrogen-bond acceptors (Lipinski definition) is 2. The lowest BCUT2D eigenvalue weighted by Gasteiger charge is -2.05. The van der Waals surface area contributed by atoms with Gasteiger partial charge in [-0.15, -0.1) is 11.3 Å². The maximum Gasteiger partial charge on any atom is 0.0612 e. The summed E-state index contributed by atoms with van der Waals surface area (Å²) in [5, 5.41) is 11.0. The van der Waals surface area contributed by atoms with E-state index in [1.54, 1.807) is 0 Å². The molecule has 4 aromatic carbocycles. The average Bonchev–Trinajstić information content (AvgIpc) is 3.16. The molecule has 0 aliphatic heterocycles. The Morgan fingerprint density at radius 2 is 1.34 bits per heavy atom. The number of fused-ring (bicyclic) bond motifs is 3. The van der Waals surface area contributed by atoms with E-state index in [0.29, 0.717) is 5.71 Å². The van der Waals surface area contributed by atoms with Crippen molar-refractivity contribution in [3.8, 4) is 11.1 Å². The zero-order valence-electron chi connectivity index (χ0n) is 15.8. The molecule has 0 amide bonds. The molecule has 0 radical (unpaired) electrons. The molecule has 1 N–H and O–H groups in total. The summed E-state index contributed by atoms with van der Waals surface area (Å²) in [6, 6.07) is 33.6. The second kappa shape index (κ2) is 7.50. The van der Waals surface area contributed by atoms with Gasteiger partial charge in [0, 0.05) is 20.2 Å². The monoisotopic (exact) mass is 389 g/mol. The molecule has 2 heteroatoms. The molecule has 0 atom stereocenters. The van der Waals surface area contributed by atoms with Gasteiger partial charge in [0.15, 0.2) is 0 Å². The number of nitrogens with one attached hydrogen (secondary N) is 1. The van der Waals surface area contributed by atoms with E-state index in [9.17, 15) is 0 Å². The van der Waals surface area contributed by atoms with E-state index < -0.39 is 0 Å². The Bertz CT molecular complexity index is 1340. The zero-order valence-corrected chi connectivity index (χ0v) is 16.6. The van der Waals surface area contributed by atoms with Crippen LogP contribution < -0.4 is 0 Å². The summed E-state index contributed by atoms with van der Waals surface area (Å²) < 4.78 is 2.64. The first-order chi connectivity index (χ1) is 14.3. The molecular formula is C27H19NS. The van der Waals surface area contributed by atoms with Gasteiger partial charge >= 0.3 is 0 Å². The Kier molecular flexibility index (Phi) is 4.55. The SMILES string of the molecule is N=C(/C=C\c1ccccc1)c1ccc(-c2ccc3c(c2)sc2ccccc23)cc1. The number of rotatable bonds is 4. The lowest BCUT2D eigenvalue weighted by atomic mass is 10.0. The summed E-state index contributed by atoms with van der Waals surface area (Å²) >= 11 is 1.84. The maximum atomic E-state index is 8.34. The third-order valence-electron chi connectivity index (χ3n) is 5.15. The van der Waals surface area contributed by atoms with Gasteiger partial charge < -0.3 is 5.41 Å². The van der Waals surface area contributed by atoms with Crippen molar-refractivity contribution in [2.24, 2.45) is 0 Å². The molecule has 0 spiro atoms. The molecule has 1 heterocycles. The molecule has 0 saturated heterocycles. The summed E-state index contributed by atoms with van der Waals surface area (Å²) in [5.41, 5.74) is 4.92. The average molecular weight is 390 g/mol. The smallest absolute Gasteiger partial charge is 0.0612 e. The number of allylic oxidation sites excluding steroid dienone is 1. The Morgan fingerprint density at radius 3 is 2.17 bits per heavy atom. The van der Waals surface area contributed by atoms with Crippen molar-refractivity contribution in [3.05, 3.63) is 114 Å². The minimum Gasteiger partial charge on any atom is -0.300 e. The minimum atomic E-state index is 0.514. The highest BCUT2D eigenvalue weighted by Gasteiger charge is 2.07. The quantitative estimate of drug-likeness (QED) is 0.303. The van der Waals surface area contributed by atoms with Crippen LogP contribution in [0.15, 0.2) is 103 Å². The fraction of sp³-hybridized carbons (Fsp3) is 0. The lowest BCUT2D eigenvalue weighted by Crippen LogP contribution is -1.93. The Labute approximate surface area is 174 Å². The first-order valence-corrected chi connectivity index (χ1v) is 10.4. The predicted octanol–water partition coefficient (Wildman–Crippen LogP) is 7.80. The van der Waals surface area contributed by atoms with Crippen molar-refractivity contribution < 1.29 is 0 Å². The Morgan fingerprint density at radius 1 is 0.655 bits per heavy atom. The third kappa shape index (κ3) is 3.51. The van der Waals surface area contributed by atoms with Gasteiger partial charge in [0.1, 0.15) is 0 Å². The van der Waals surface area contributed by atoms with Crippen LogP contribution in [-0.4, -0.2) is 5.71 Å². The summed E-state index contributed by atoms with van der Waals surface area (Å²) in [6.07, 6.45) is 3.83. The van der Waals surface area contributed by atoms with Gasteiger partial charge in [0.05, 0.1) is 5.71 Å². The maximum absolute atomic E-state index is 8.34.